The van der Waals surface area contributed by atoms with E-state index in [4.69, 9.17) is 0 Å². The van der Waals surface area contributed by atoms with Crippen molar-refractivity contribution in [2.45, 2.75) is 32.4 Å². The first-order chi connectivity index (χ1) is 11.5. The first-order valence-corrected chi connectivity index (χ1v) is 8.22. The predicted molar refractivity (Wildman–Crippen MR) is 90.4 cm³/mol. The molecule has 1 aliphatic rings. The van der Waals surface area contributed by atoms with Crippen molar-refractivity contribution in [1.82, 2.24) is 29.5 Å². The van der Waals surface area contributed by atoms with Gasteiger partial charge in [0.1, 0.15) is 5.82 Å². The van der Waals surface area contributed by atoms with E-state index in [0.717, 1.165) is 43.0 Å². The average molecular weight is 328 g/mol. The van der Waals surface area contributed by atoms with Crippen LogP contribution in [0.4, 0.5) is 0 Å². The Morgan fingerprint density at radius 3 is 2.83 bits per heavy atom. The Bertz CT molecular complexity index is 738. The van der Waals surface area contributed by atoms with Gasteiger partial charge in [0, 0.05) is 38.1 Å². The molecule has 1 aliphatic heterocycles. The zero-order chi connectivity index (χ0) is 17.3. The van der Waals surface area contributed by atoms with E-state index in [1.165, 1.54) is 0 Å². The number of carbonyl (C=O) groups is 1. The number of carbonyl (C=O) groups excluding carboxylic acids is 1. The Morgan fingerprint density at radius 1 is 1.38 bits per heavy atom. The molecule has 0 spiro atoms. The lowest BCUT2D eigenvalue weighted by atomic mass is 10.0. The van der Waals surface area contributed by atoms with Crippen molar-refractivity contribution in [1.29, 1.82) is 0 Å². The first kappa shape index (κ1) is 16.6. The summed E-state index contributed by atoms with van der Waals surface area (Å²) >= 11 is 0. The van der Waals surface area contributed by atoms with Crippen molar-refractivity contribution in [3.8, 4) is 0 Å². The number of amides is 1. The van der Waals surface area contributed by atoms with Gasteiger partial charge in [0.15, 0.2) is 0 Å². The number of hydrogen-bond donors (Lipinski definition) is 0. The standard InChI is InChI=1S/C17H24N6O/c1-12-18-8-13(10-21(2)3)16(20-12)15-6-5-7-23(15)17(24)14-9-19-22(4)11-14/h8-9,11,15H,5-7,10H2,1-4H3. The molecule has 128 valence electrons. The highest BCUT2D eigenvalue weighted by Gasteiger charge is 2.33. The second kappa shape index (κ2) is 6.68. The third-order valence-corrected chi connectivity index (χ3v) is 4.29. The van der Waals surface area contributed by atoms with Gasteiger partial charge in [0.05, 0.1) is 23.5 Å². The maximum Gasteiger partial charge on any atom is 0.257 e. The largest absolute Gasteiger partial charge is 0.330 e. The van der Waals surface area contributed by atoms with Crippen molar-refractivity contribution in [3.05, 3.63) is 41.2 Å². The van der Waals surface area contributed by atoms with Crippen LogP contribution in [0.5, 0.6) is 0 Å². The number of hydrogen-bond acceptors (Lipinski definition) is 5. The summed E-state index contributed by atoms with van der Waals surface area (Å²) in [7, 11) is 5.87. The molecule has 7 nitrogen and oxygen atoms in total. The summed E-state index contributed by atoms with van der Waals surface area (Å²) in [4.78, 5) is 25.9. The minimum absolute atomic E-state index is 0.00866. The van der Waals surface area contributed by atoms with Gasteiger partial charge < -0.3 is 9.80 Å². The molecule has 1 fully saturated rings. The van der Waals surface area contributed by atoms with Crippen LogP contribution >= 0.6 is 0 Å². The Labute approximate surface area is 142 Å². The van der Waals surface area contributed by atoms with Crippen molar-refractivity contribution in [2.24, 2.45) is 7.05 Å². The number of aromatic nitrogens is 4. The van der Waals surface area contributed by atoms with Gasteiger partial charge in [-0.1, -0.05) is 0 Å². The van der Waals surface area contributed by atoms with Gasteiger partial charge >= 0.3 is 0 Å². The van der Waals surface area contributed by atoms with Gasteiger partial charge in [-0.25, -0.2) is 9.97 Å². The Hall–Kier alpha value is -2.28. The molecule has 0 N–H and O–H groups in total. The van der Waals surface area contributed by atoms with Crippen LogP contribution < -0.4 is 0 Å². The summed E-state index contributed by atoms with van der Waals surface area (Å²) in [6.45, 7) is 3.41. The normalized spacial score (nSPS) is 17.7. The van der Waals surface area contributed by atoms with E-state index < -0.39 is 0 Å². The highest BCUT2D eigenvalue weighted by Crippen LogP contribution is 2.34. The maximum atomic E-state index is 12.9. The molecule has 1 atom stereocenters. The van der Waals surface area contributed by atoms with Gasteiger partial charge in [-0.15, -0.1) is 0 Å². The van der Waals surface area contributed by atoms with Crippen LogP contribution in [0.15, 0.2) is 18.6 Å². The van der Waals surface area contributed by atoms with Crippen molar-refractivity contribution in [2.75, 3.05) is 20.6 Å². The zero-order valence-electron chi connectivity index (χ0n) is 14.7. The highest BCUT2D eigenvalue weighted by molar-refractivity contribution is 5.94. The number of aryl methyl sites for hydroxylation is 2. The Kier molecular flexibility index (Phi) is 4.62. The molecule has 0 saturated carbocycles. The molecule has 0 aliphatic carbocycles. The lowest BCUT2D eigenvalue weighted by Gasteiger charge is -2.26. The average Bonchev–Trinajstić information content (AvgIpc) is 3.17. The summed E-state index contributed by atoms with van der Waals surface area (Å²) in [6.07, 6.45) is 7.21. The SMILES string of the molecule is Cc1ncc(CN(C)C)c(C2CCCN2C(=O)c2cnn(C)c2)n1. The monoisotopic (exact) mass is 328 g/mol. The molecule has 1 unspecified atom stereocenters. The molecule has 0 bridgehead atoms. The van der Waals surface area contributed by atoms with Crippen LogP contribution in [0.25, 0.3) is 0 Å². The molecule has 1 saturated heterocycles. The molecule has 1 amide bonds. The fourth-order valence-corrected chi connectivity index (χ4v) is 3.26. The second-order valence-electron chi connectivity index (χ2n) is 6.62. The quantitative estimate of drug-likeness (QED) is 0.852. The Morgan fingerprint density at radius 2 is 2.17 bits per heavy atom. The van der Waals surface area contributed by atoms with Crippen molar-refractivity contribution >= 4 is 5.91 Å². The molecule has 3 heterocycles. The smallest absolute Gasteiger partial charge is 0.257 e. The molecule has 0 aromatic carbocycles. The zero-order valence-corrected chi connectivity index (χ0v) is 14.7. The van der Waals surface area contributed by atoms with Crippen LogP contribution in [0.3, 0.4) is 0 Å². The molecular formula is C17H24N6O. The molecular weight excluding hydrogens is 304 g/mol. The van der Waals surface area contributed by atoms with Gasteiger partial charge in [0.2, 0.25) is 0 Å². The number of rotatable bonds is 4. The predicted octanol–water partition coefficient (Wildman–Crippen LogP) is 1.56. The minimum atomic E-state index is 0.00866. The summed E-state index contributed by atoms with van der Waals surface area (Å²) in [5.41, 5.74) is 2.69. The van der Waals surface area contributed by atoms with E-state index in [-0.39, 0.29) is 11.9 Å². The van der Waals surface area contributed by atoms with Crippen molar-refractivity contribution < 1.29 is 4.79 Å². The van der Waals surface area contributed by atoms with E-state index in [2.05, 4.69) is 20.0 Å². The van der Waals surface area contributed by atoms with E-state index in [1.54, 1.807) is 17.1 Å². The number of likely N-dealkylation sites (tertiary alicyclic amines) is 1. The summed E-state index contributed by atoms with van der Waals surface area (Å²) in [6, 6.07) is 0.00866. The fraction of sp³-hybridized carbons (Fsp3) is 0.529. The van der Waals surface area contributed by atoms with E-state index in [0.29, 0.717) is 5.56 Å². The lowest BCUT2D eigenvalue weighted by molar-refractivity contribution is 0.0731. The molecule has 24 heavy (non-hydrogen) atoms. The second-order valence-corrected chi connectivity index (χ2v) is 6.62. The molecule has 7 heteroatoms. The summed E-state index contributed by atoms with van der Waals surface area (Å²) in [5, 5.41) is 4.11. The third-order valence-electron chi connectivity index (χ3n) is 4.29. The summed E-state index contributed by atoms with van der Waals surface area (Å²) in [5.74, 6) is 0.769. The number of nitrogens with zero attached hydrogens (tertiary/aromatic N) is 6. The Balaban J connectivity index is 1.93. The highest BCUT2D eigenvalue weighted by atomic mass is 16.2. The molecule has 0 radical (unpaired) electrons. The van der Waals surface area contributed by atoms with Crippen LogP contribution in [0.2, 0.25) is 0 Å². The molecule has 2 aromatic heterocycles. The third kappa shape index (κ3) is 3.31. The fourth-order valence-electron chi connectivity index (χ4n) is 3.26. The molecule has 3 rings (SSSR count). The van der Waals surface area contributed by atoms with Gasteiger partial charge in [-0.2, -0.15) is 5.10 Å². The lowest BCUT2D eigenvalue weighted by Crippen LogP contribution is -2.32. The van der Waals surface area contributed by atoms with E-state index in [9.17, 15) is 4.79 Å². The van der Waals surface area contributed by atoms with Crippen LogP contribution in [0.1, 0.15) is 46.3 Å². The van der Waals surface area contributed by atoms with E-state index >= 15 is 0 Å². The van der Waals surface area contributed by atoms with Crippen LogP contribution in [0, 0.1) is 6.92 Å². The first-order valence-electron chi connectivity index (χ1n) is 8.22. The van der Waals surface area contributed by atoms with Gasteiger partial charge in [0.25, 0.3) is 5.91 Å². The minimum Gasteiger partial charge on any atom is -0.330 e. The molecule has 2 aromatic rings. The van der Waals surface area contributed by atoms with Crippen molar-refractivity contribution in [3.63, 3.8) is 0 Å². The van der Waals surface area contributed by atoms with Gasteiger partial charge in [-0.3, -0.25) is 9.48 Å². The maximum absolute atomic E-state index is 12.9. The van der Waals surface area contributed by atoms with Gasteiger partial charge in [-0.05, 0) is 33.9 Å². The van der Waals surface area contributed by atoms with Crippen LogP contribution in [-0.2, 0) is 13.6 Å². The van der Waals surface area contributed by atoms with Crippen LogP contribution in [-0.4, -0.2) is 56.1 Å². The summed E-state index contributed by atoms with van der Waals surface area (Å²) < 4.78 is 1.66. The van der Waals surface area contributed by atoms with E-state index in [1.807, 2.05) is 39.2 Å². The topological polar surface area (TPSA) is 67.2 Å².